The molecule has 2 rings (SSSR count). The fourth-order valence-corrected chi connectivity index (χ4v) is 1.53. The van der Waals surface area contributed by atoms with Gasteiger partial charge in [-0.2, -0.15) is 5.10 Å². The van der Waals surface area contributed by atoms with Crippen LogP contribution in [0.5, 0.6) is 0 Å². The van der Waals surface area contributed by atoms with Crippen LogP contribution in [-0.2, 0) is 4.79 Å². The molecule has 0 fully saturated rings. The Morgan fingerprint density at radius 3 is 2.27 bits per heavy atom. The monoisotopic (exact) mass is 202 g/mol. The Kier molecular flexibility index (Phi) is 2.31. The molecule has 1 aliphatic rings. The van der Waals surface area contributed by atoms with Gasteiger partial charge in [0.15, 0.2) is 0 Å². The molecule has 15 heavy (non-hydrogen) atoms. The van der Waals surface area contributed by atoms with Crippen molar-refractivity contribution in [2.24, 2.45) is 11.0 Å². The summed E-state index contributed by atoms with van der Waals surface area (Å²) in [5.74, 6) is -0.0392. The Hall–Kier alpha value is -1.64. The topological polar surface area (TPSA) is 32.7 Å². The summed E-state index contributed by atoms with van der Waals surface area (Å²) >= 11 is 0. The van der Waals surface area contributed by atoms with Crippen molar-refractivity contribution < 1.29 is 4.79 Å². The SMILES string of the molecule is CC1=NN(c2ccc(C)cc2)C(=O)C1C. The van der Waals surface area contributed by atoms with Gasteiger partial charge in [-0.25, -0.2) is 5.01 Å². The number of anilines is 1. The maximum absolute atomic E-state index is 11.8. The minimum atomic E-state index is -0.0914. The van der Waals surface area contributed by atoms with Crippen LogP contribution in [0.25, 0.3) is 0 Å². The van der Waals surface area contributed by atoms with E-state index in [1.165, 1.54) is 10.6 Å². The molecule has 0 N–H and O–H groups in total. The van der Waals surface area contributed by atoms with E-state index in [-0.39, 0.29) is 11.8 Å². The van der Waals surface area contributed by atoms with Gasteiger partial charge in [-0.15, -0.1) is 0 Å². The van der Waals surface area contributed by atoms with Crippen molar-refractivity contribution in [1.29, 1.82) is 0 Å². The van der Waals surface area contributed by atoms with Crippen LogP contribution in [0.4, 0.5) is 5.69 Å². The largest absolute Gasteiger partial charge is 0.272 e. The van der Waals surface area contributed by atoms with Crippen molar-refractivity contribution in [3.63, 3.8) is 0 Å². The molecular formula is C12H14N2O. The Bertz CT molecular complexity index is 420. The molecule has 78 valence electrons. The molecule has 0 bridgehead atoms. The first kappa shape index (κ1) is 9.90. The van der Waals surface area contributed by atoms with Crippen molar-refractivity contribution in [1.82, 2.24) is 0 Å². The molecule has 1 aromatic carbocycles. The van der Waals surface area contributed by atoms with E-state index < -0.39 is 0 Å². The van der Waals surface area contributed by atoms with E-state index in [0.29, 0.717) is 0 Å². The number of benzene rings is 1. The van der Waals surface area contributed by atoms with Crippen LogP contribution in [-0.4, -0.2) is 11.6 Å². The zero-order valence-electron chi connectivity index (χ0n) is 9.19. The van der Waals surface area contributed by atoms with E-state index >= 15 is 0 Å². The number of nitrogens with zero attached hydrogens (tertiary/aromatic N) is 2. The highest BCUT2D eigenvalue weighted by atomic mass is 16.2. The predicted octanol–water partition coefficient (Wildman–Crippen LogP) is 2.35. The number of amides is 1. The molecule has 1 heterocycles. The number of hydrogen-bond donors (Lipinski definition) is 0. The van der Waals surface area contributed by atoms with E-state index in [1.807, 2.05) is 45.0 Å². The number of carbonyl (C=O) groups is 1. The lowest BCUT2D eigenvalue weighted by Gasteiger charge is -2.12. The maximum atomic E-state index is 11.8. The van der Waals surface area contributed by atoms with Gasteiger partial charge in [-0.1, -0.05) is 17.7 Å². The summed E-state index contributed by atoms with van der Waals surface area (Å²) in [7, 11) is 0. The first-order valence-corrected chi connectivity index (χ1v) is 5.05. The number of rotatable bonds is 1. The second-order valence-corrected chi connectivity index (χ2v) is 3.95. The van der Waals surface area contributed by atoms with Gasteiger partial charge < -0.3 is 0 Å². The lowest BCUT2D eigenvalue weighted by molar-refractivity contribution is -0.119. The van der Waals surface area contributed by atoms with Gasteiger partial charge in [0.1, 0.15) is 0 Å². The third-order valence-corrected chi connectivity index (χ3v) is 2.74. The van der Waals surface area contributed by atoms with Crippen molar-refractivity contribution in [3.8, 4) is 0 Å². The van der Waals surface area contributed by atoms with Gasteiger partial charge in [0.25, 0.3) is 5.91 Å². The van der Waals surface area contributed by atoms with E-state index in [1.54, 1.807) is 0 Å². The van der Waals surface area contributed by atoms with Crippen LogP contribution in [0.3, 0.4) is 0 Å². The lowest BCUT2D eigenvalue weighted by atomic mass is 10.1. The van der Waals surface area contributed by atoms with Crippen molar-refractivity contribution in [3.05, 3.63) is 29.8 Å². The molecule has 0 aromatic heterocycles. The summed E-state index contributed by atoms with van der Waals surface area (Å²) in [6.07, 6.45) is 0. The van der Waals surface area contributed by atoms with E-state index in [4.69, 9.17) is 0 Å². The Balaban J connectivity index is 2.33. The molecular weight excluding hydrogens is 188 g/mol. The fraction of sp³-hybridized carbons (Fsp3) is 0.333. The summed E-state index contributed by atoms with van der Waals surface area (Å²) in [6.45, 7) is 5.79. The molecule has 0 radical (unpaired) electrons. The van der Waals surface area contributed by atoms with Crippen LogP contribution in [0.2, 0.25) is 0 Å². The van der Waals surface area contributed by atoms with Gasteiger partial charge in [0.05, 0.1) is 11.6 Å². The Morgan fingerprint density at radius 1 is 1.20 bits per heavy atom. The summed E-state index contributed by atoms with van der Waals surface area (Å²) in [5.41, 5.74) is 2.90. The molecule has 1 aliphatic heterocycles. The van der Waals surface area contributed by atoms with Gasteiger partial charge in [0, 0.05) is 5.71 Å². The van der Waals surface area contributed by atoms with Crippen LogP contribution < -0.4 is 5.01 Å². The smallest absolute Gasteiger partial charge is 0.255 e. The van der Waals surface area contributed by atoms with Crippen molar-refractivity contribution in [2.45, 2.75) is 20.8 Å². The molecule has 0 aliphatic carbocycles. The highest BCUT2D eigenvalue weighted by Crippen LogP contribution is 2.23. The van der Waals surface area contributed by atoms with Crippen molar-refractivity contribution in [2.75, 3.05) is 5.01 Å². The summed E-state index contributed by atoms with van der Waals surface area (Å²) in [5, 5.41) is 5.74. The second kappa shape index (κ2) is 3.50. The van der Waals surface area contributed by atoms with Crippen LogP contribution in [0.15, 0.2) is 29.4 Å². The standard InChI is InChI=1S/C12H14N2O/c1-8-4-6-11(7-5-8)14-12(15)9(2)10(3)13-14/h4-7,9H,1-3H3. The summed E-state index contributed by atoms with van der Waals surface area (Å²) < 4.78 is 0. The third kappa shape index (κ3) is 1.65. The average molecular weight is 202 g/mol. The molecule has 3 heteroatoms. The number of carbonyl (C=O) groups excluding carboxylic acids is 1. The zero-order valence-corrected chi connectivity index (χ0v) is 9.19. The normalized spacial score (nSPS) is 20.7. The lowest BCUT2D eigenvalue weighted by Crippen LogP contribution is -2.25. The molecule has 1 aromatic rings. The van der Waals surface area contributed by atoms with Crippen LogP contribution in [0, 0.1) is 12.8 Å². The predicted molar refractivity (Wildman–Crippen MR) is 60.9 cm³/mol. The van der Waals surface area contributed by atoms with Crippen LogP contribution >= 0.6 is 0 Å². The molecule has 0 saturated carbocycles. The van der Waals surface area contributed by atoms with E-state index in [2.05, 4.69) is 5.10 Å². The molecule has 1 unspecified atom stereocenters. The van der Waals surface area contributed by atoms with Gasteiger partial charge >= 0.3 is 0 Å². The Morgan fingerprint density at radius 2 is 1.80 bits per heavy atom. The minimum absolute atomic E-state index is 0.0522. The van der Waals surface area contributed by atoms with Gasteiger partial charge in [-0.05, 0) is 32.9 Å². The van der Waals surface area contributed by atoms with Gasteiger partial charge in [0.2, 0.25) is 0 Å². The number of aryl methyl sites for hydroxylation is 1. The van der Waals surface area contributed by atoms with Crippen LogP contribution in [0.1, 0.15) is 19.4 Å². The fourth-order valence-electron chi connectivity index (χ4n) is 1.53. The maximum Gasteiger partial charge on any atom is 0.255 e. The zero-order chi connectivity index (χ0) is 11.0. The molecule has 3 nitrogen and oxygen atoms in total. The molecule has 0 saturated heterocycles. The highest BCUT2D eigenvalue weighted by molar-refractivity contribution is 6.14. The molecule has 0 spiro atoms. The Labute approximate surface area is 89.4 Å². The van der Waals surface area contributed by atoms with E-state index in [9.17, 15) is 4.79 Å². The number of hydrazone groups is 1. The summed E-state index contributed by atoms with van der Waals surface area (Å²) in [4.78, 5) is 11.8. The van der Waals surface area contributed by atoms with Crippen molar-refractivity contribution >= 4 is 17.3 Å². The molecule has 1 atom stereocenters. The first-order chi connectivity index (χ1) is 7.09. The third-order valence-electron chi connectivity index (χ3n) is 2.74. The quantitative estimate of drug-likeness (QED) is 0.688. The molecule has 1 amide bonds. The number of hydrogen-bond acceptors (Lipinski definition) is 2. The highest BCUT2D eigenvalue weighted by Gasteiger charge is 2.30. The van der Waals surface area contributed by atoms with Gasteiger partial charge in [-0.3, -0.25) is 4.79 Å². The second-order valence-electron chi connectivity index (χ2n) is 3.95. The minimum Gasteiger partial charge on any atom is -0.272 e. The summed E-state index contributed by atoms with van der Waals surface area (Å²) in [6, 6.07) is 7.80. The van der Waals surface area contributed by atoms with E-state index in [0.717, 1.165) is 11.4 Å². The average Bonchev–Trinajstić information content (AvgIpc) is 2.47. The first-order valence-electron chi connectivity index (χ1n) is 5.05.